The standard InChI is InChI=1S/C21H18O3/c1-15(22)20-9-5-3-7-17(20)11-13-19(24)14-12-18-8-4-6-10-21(18)16(2)23/h3-14H,1-2H3/b13-11+,14-12+. The predicted octanol–water partition coefficient (Wildman–Crippen LogP) is 4.39. The van der Waals surface area contributed by atoms with Crippen molar-refractivity contribution in [2.24, 2.45) is 0 Å². The fourth-order valence-electron chi connectivity index (χ4n) is 2.33. The van der Waals surface area contributed by atoms with Crippen LogP contribution < -0.4 is 0 Å². The van der Waals surface area contributed by atoms with Crippen molar-refractivity contribution in [1.82, 2.24) is 0 Å². The Morgan fingerprint density at radius 2 is 1.04 bits per heavy atom. The molecule has 3 nitrogen and oxygen atoms in total. The summed E-state index contributed by atoms with van der Waals surface area (Å²) in [6, 6.07) is 14.2. The summed E-state index contributed by atoms with van der Waals surface area (Å²) in [6.45, 7) is 2.99. The van der Waals surface area contributed by atoms with Crippen molar-refractivity contribution in [2.45, 2.75) is 13.8 Å². The van der Waals surface area contributed by atoms with Crippen LogP contribution in [0.15, 0.2) is 60.7 Å². The zero-order valence-corrected chi connectivity index (χ0v) is 13.7. The van der Waals surface area contributed by atoms with E-state index in [1.165, 1.54) is 26.0 Å². The minimum atomic E-state index is -0.216. The van der Waals surface area contributed by atoms with E-state index in [1.54, 1.807) is 48.6 Å². The van der Waals surface area contributed by atoms with Crippen molar-refractivity contribution >= 4 is 29.5 Å². The average molecular weight is 318 g/mol. The molecule has 0 aliphatic heterocycles. The minimum absolute atomic E-state index is 0.0476. The van der Waals surface area contributed by atoms with Gasteiger partial charge in [0.25, 0.3) is 0 Å². The number of carbonyl (C=O) groups is 3. The van der Waals surface area contributed by atoms with Crippen molar-refractivity contribution in [3.63, 3.8) is 0 Å². The van der Waals surface area contributed by atoms with Crippen LogP contribution in [0.1, 0.15) is 45.7 Å². The smallest absolute Gasteiger partial charge is 0.178 e. The lowest BCUT2D eigenvalue weighted by Gasteiger charge is -2.01. The van der Waals surface area contributed by atoms with Gasteiger partial charge in [0.05, 0.1) is 0 Å². The third-order valence-electron chi connectivity index (χ3n) is 3.53. The maximum atomic E-state index is 12.0. The van der Waals surface area contributed by atoms with Crippen molar-refractivity contribution in [3.05, 3.63) is 82.9 Å². The molecule has 24 heavy (non-hydrogen) atoms. The highest BCUT2D eigenvalue weighted by Crippen LogP contribution is 2.13. The molecule has 0 amide bonds. The molecule has 0 aliphatic rings. The summed E-state index contributed by atoms with van der Waals surface area (Å²) < 4.78 is 0. The van der Waals surface area contributed by atoms with Gasteiger partial charge >= 0.3 is 0 Å². The quantitative estimate of drug-likeness (QED) is 0.586. The van der Waals surface area contributed by atoms with E-state index < -0.39 is 0 Å². The molecule has 2 aromatic rings. The molecule has 0 atom stereocenters. The van der Waals surface area contributed by atoms with Crippen LogP contribution in [0.2, 0.25) is 0 Å². The van der Waals surface area contributed by atoms with E-state index in [0.717, 1.165) is 0 Å². The molecule has 0 unspecified atom stereocenters. The minimum Gasteiger partial charge on any atom is -0.294 e. The third kappa shape index (κ3) is 4.46. The Morgan fingerprint density at radius 3 is 1.42 bits per heavy atom. The molecule has 3 heteroatoms. The maximum absolute atomic E-state index is 12.0. The zero-order valence-electron chi connectivity index (χ0n) is 13.7. The Kier molecular flexibility index (Phi) is 5.74. The van der Waals surface area contributed by atoms with Gasteiger partial charge in [-0.15, -0.1) is 0 Å². The molecule has 0 saturated heterocycles. The molecule has 0 fully saturated rings. The normalized spacial score (nSPS) is 11.1. The van der Waals surface area contributed by atoms with Gasteiger partial charge in [-0.2, -0.15) is 0 Å². The van der Waals surface area contributed by atoms with Gasteiger partial charge in [-0.1, -0.05) is 60.7 Å². The molecule has 0 radical (unpaired) electrons. The van der Waals surface area contributed by atoms with Gasteiger partial charge in [0.1, 0.15) is 0 Å². The summed E-state index contributed by atoms with van der Waals surface area (Å²) >= 11 is 0. The SMILES string of the molecule is CC(=O)c1ccccc1/C=C/C(=O)/C=C/c1ccccc1C(C)=O. The molecule has 2 rings (SSSR count). The number of hydrogen-bond donors (Lipinski definition) is 0. The number of allylic oxidation sites excluding steroid dienone is 2. The average Bonchev–Trinajstić information content (AvgIpc) is 2.58. The molecular formula is C21H18O3. The Morgan fingerprint density at radius 1 is 0.667 bits per heavy atom. The largest absolute Gasteiger partial charge is 0.294 e. The summed E-state index contributed by atoms with van der Waals surface area (Å²) in [6.07, 6.45) is 6.07. The van der Waals surface area contributed by atoms with E-state index in [0.29, 0.717) is 22.3 Å². The second-order valence-corrected chi connectivity index (χ2v) is 5.36. The molecule has 0 bridgehead atoms. The number of ketones is 3. The van der Waals surface area contributed by atoms with E-state index in [1.807, 2.05) is 12.1 Å². The van der Waals surface area contributed by atoms with Crippen LogP contribution >= 0.6 is 0 Å². The Bertz CT molecular complexity index is 772. The Labute approximate surface area is 141 Å². The molecule has 0 aromatic heterocycles. The lowest BCUT2D eigenvalue weighted by Crippen LogP contribution is -1.96. The molecule has 0 saturated carbocycles. The van der Waals surface area contributed by atoms with E-state index in [9.17, 15) is 14.4 Å². The van der Waals surface area contributed by atoms with Crippen LogP contribution in [0.3, 0.4) is 0 Å². The molecule has 0 N–H and O–H groups in total. The Hall–Kier alpha value is -3.07. The van der Waals surface area contributed by atoms with Crippen LogP contribution in [0.25, 0.3) is 12.2 Å². The van der Waals surface area contributed by atoms with Gasteiger partial charge in [-0.25, -0.2) is 0 Å². The molecule has 0 aliphatic carbocycles. The van der Waals surface area contributed by atoms with Crippen molar-refractivity contribution < 1.29 is 14.4 Å². The maximum Gasteiger partial charge on any atom is 0.178 e. The molecule has 0 spiro atoms. The number of hydrogen-bond acceptors (Lipinski definition) is 3. The molecule has 2 aromatic carbocycles. The van der Waals surface area contributed by atoms with Crippen molar-refractivity contribution in [3.8, 4) is 0 Å². The van der Waals surface area contributed by atoms with E-state index >= 15 is 0 Å². The molecule has 0 heterocycles. The fraction of sp³-hybridized carbons (Fsp3) is 0.0952. The highest BCUT2D eigenvalue weighted by atomic mass is 16.1. The summed E-state index contributed by atoms with van der Waals surface area (Å²) in [7, 11) is 0. The zero-order chi connectivity index (χ0) is 17.5. The number of benzene rings is 2. The van der Waals surface area contributed by atoms with Crippen molar-refractivity contribution in [1.29, 1.82) is 0 Å². The van der Waals surface area contributed by atoms with E-state index in [2.05, 4.69) is 0 Å². The van der Waals surface area contributed by atoms with Gasteiger partial charge in [0.2, 0.25) is 0 Å². The second kappa shape index (κ2) is 7.97. The van der Waals surface area contributed by atoms with Crippen LogP contribution in [0, 0.1) is 0 Å². The van der Waals surface area contributed by atoms with Gasteiger partial charge in [-0.05, 0) is 37.1 Å². The van der Waals surface area contributed by atoms with E-state index in [4.69, 9.17) is 0 Å². The summed E-state index contributed by atoms with van der Waals surface area (Å²) in [5, 5.41) is 0. The second-order valence-electron chi connectivity index (χ2n) is 5.36. The van der Waals surface area contributed by atoms with E-state index in [-0.39, 0.29) is 17.3 Å². The first-order valence-electron chi connectivity index (χ1n) is 7.59. The lowest BCUT2D eigenvalue weighted by atomic mass is 10.0. The number of carbonyl (C=O) groups excluding carboxylic acids is 3. The number of rotatable bonds is 6. The first-order chi connectivity index (χ1) is 11.5. The fourth-order valence-corrected chi connectivity index (χ4v) is 2.33. The first kappa shape index (κ1) is 17.3. The van der Waals surface area contributed by atoms with Gasteiger partial charge in [-0.3, -0.25) is 14.4 Å². The monoisotopic (exact) mass is 318 g/mol. The summed E-state index contributed by atoms with van der Waals surface area (Å²) in [4.78, 5) is 35.1. The predicted molar refractivity (Wildman–Crippen MR) is 96.0 cm³/mol. The van der Waals surface area contributed by atoms with Crippen LogP contribution in [0.4, 0.5) is 0 Å². The highest BCUT2D eigenvalue weighted by Gasteiger charge is 2.05. The number of Topliss-reactive ketones (excluding diaryl/α,β-unsaturated/α-hetero) is 2. The first-order valence-corrected chi connectivity index (χ1v) is 7.59. The van der Waals surface area contributed by atoms with Crippen LogP contribution in [-0.4, -0.2) is 17.3 Å². The van der Waals surface area contributed by atoms with Crippen molar-refractivity contribution in [2.75, 3.05) is 0 Å². The lowest BCUT2D eigenvalue weighted by molar-refractivity contribution is -0.110. The highest BCUT2D eigenvalue weighted by molar-refractivity contribution is 6.07. The molecule has 120 valence electrons. The summed E-state index contributed by atoms with van der Waals surface area (Å²) in [5.74, 6) is -0.311. The van der Waals surface area contributed by atoms with Gasteiger partial charge in [0.15, 0.2) is 17.3 Å². The Balaban J connectivity index is 2.17. The van der Waals surface area contributed by atoms with Crippen LogP contribution in [-0.2, 0) is 4.79 Å². The van der Waals surface area contributed by atoms with Crippen LogP contribution in [0.5, 0.6) is 0 Å². The topological polar surface area (TPSA) is 51.2 Å². The van der Waals surface area contributed by atoms with Gasteiger partial charge in [0, 0.05) is 11.1 Å². The summed E-state index contributed by atoms with van der Waals surface area (Å²) in [5.41, 5.74) is 2.56. The van der Waals surface area contributed by atoms with Gasteiger partial charge < -0.3 is 0 Å². The molecular weight excluding hydrogens is 300 g/mol. The third-order valence-corrected chi connectivity index (χ3v) is 3.53.